The molecule has 0 saturated heterocycles. The van der Waals surface area contributed by atoms with Crippen LogP contribution in [0.1, 0.15) is 34.1 Å². The summed E-state index contributed by atoms with van der Waals surface area (Å²) in [5.74, 6) is 0. The maximum absolute atomic E-state index is 10.2. The lowest BCUT2D eigenvalue weighted by Crippen LogP contribution is -2.39. The van der Waals surface area contributed by atoms with Gasteiger partial charge in [0.25, 0.3) is 0 Å². The molecule has 0 aromatic rings. The third-order valence-corrected chi connectivity index (χ3v) is 1.63. The van der Waals surface area contributed by atoms with Gasteiger partial charge in [-0.2, -0.15) is 0 Å². The Morgan fingerprint density at radius 2 is 2.08 bits per heavy atom. The van der Waals surface area contributed by atoms with E-state index >= 15 is 0 Å². The molecule has 0 unspecified atom stereocenters. The number of carbonyl (C=O) groups is 1. The van der Waals surface area contributed by atoms with E-state index in [0.29, 0.717) is 6.61 Å². The highest BCUT2D eigenvalue weighted by molar-refractivity contribution is 5.47. The molecular formula is C9H19NO2. The molecule has 0 heterocycles. The van der Waals surface area contributed by atoms with E-state index in [2.05, 4.69) is 5.32 Å². The maximum atomic E-state index is 10.2. The highest BCUT2D eigenvalue weighted by Gasteiger charge is 2.15. The molecule has 0 rings (SSSR count). The first kappa shape index (κ1) is 11.4. The highest BCUT2D eigenvalue weighted by atomic mass is 16.5. The monoisotopic (exact) mass is 173 g/mol. The fourth-order valence-electron chi connectivity index (χ4n) is 0.781. The summed E-state index contributed by atoms with van der Waals surface area (Å²) in [6, 6.07) is 0. The van der Waals surface area contributed by atoms with Crippen molar-refractivity contribution in [1.82, 2.24) is 5.32 Å². The van der Waals surface area contributed by atoms with Crippen molar-refractivity contribution in [2.75, 3.05) is 6.61 Å². The molecule has 0 radical (unpaired) electrons. The van der Waals surface area contributed by atoms with Gasteiger partial charge in [-0.15, -0.1) is 0 Å². The molecule has 0 fully saturated rings. The predicted molar refractivity (Wildman–Crippen MR) is 49.0 cm³/mol. The van der Waals surface area contributed by atoms with E-state index in [1.807, 2.05) is 27.7 Å². The van der Waals surface area contributed by atoms with Gasteiger partial charge in [-0.25, -0.2) is 0 Å². The van der Waals surface area contributed by atoms with Crippen LogP contribution in [-0.4, -0.2) is 24.7 Å². The van der Waals surface area contributed by atoms with E-state index in [1.54, 1.807) is 0 Å². The first-order valence-corrected chi connectivity index (χ1v) is 4.31. The normalized spacial score (nSPS) is 11.8. The number of hydrogen-bond donors (Lipinski definition) is 1. The minimum atomic E-state index is -0.156. The SMILES string of the molecule is CC(C)OCCC(C)(C)NC=O. The first-order chi connectivity index (χ1) is 5.48. The van der Waals surface area contributed by atoms with Gasteiger partial charge in [0.15, 0.2) is 0 Å². The smallest absolute Gasteiger partial charge is 0.207 e. The summed E-state index contributed by atoms with van der Waals surface area (Å²) in [5, 5.41) is 2.74. The maximum Gasteiger partial charge on any atom is 0.207 e. The molecule has 12 heavy (non-hydrogen) atoms. The van der Waals surface area contributed by atoms with Crippen LogP contribution in [0, 0.1) is 0 Å². The fourth-order valence-corrected chi connectivity index (χ4v) is 0.781. The zero-order chi connectivity index (χ0) is 9.61. The molecule has 0 aliphatic heterocycles. The van der Waals surface area contributed by atoms with E-state index in [-0.39, 0.29) is 11.6 Å². The lowest BCUT2D eigenvalue weighted by atomic mass is 10.0. The van der Waals surface area contributed by atoms with Gasteiger partial charge < -0.3 is 10.1 Å². The van der Waals surface area contributed by atoms with Crippen LogP contribution in [0.15, 0.2) is 0 Å². The number of amides is 1. The van der Waals surface area contributed by atoms with Crippen LogP contribution in [0.25, 0.3) is 0 Å². The first-order valence-electron chi connectivity index (χ1n) is 4.31. The topological polar surface area (TPSA) is 38.3 Å². The molecule has 0 aliphatic carbocycles. The summed E-state index contributed by atoms with van der Waals surface area (Å²) >= 11 is 0. The average Bonchev–Trinajstić information content (AvgIpc) is 1.85. The number of rotatable bonds is 6. The molecule has 1 N–H and O–H groups in total. The summed E-state index contributed by atoms with van der Waals surface area (Å²) < 4.78 is 5.37. The van der Waals surface area contributed by atoms with Crippen LogP contribution in [0.4, 0.5) is 0 Å². The Bertz CT molecular complexity index is 132. The molecule has 0 spiro atoms. The van der Waals surface area contributed by atoms with Crippen molar-refractivity contribution in [2.24, 2.45) is 0 Å². The van der Waals surface area contributed by atoms with Gasteiger partial charge >= 0.3 is 0 Å². The Kier molecular flexibility index (Phi) is 4.90. The van der Waals surface area contributed by atoms with Crippen LogP contribution in [0.3, 0.4) is 0 Å². The van der Waals surface area contributed by atoms with Gasteiger partial charge in [0.05, 0.1) is 6.10 Å². The molecular weight excluding hydrogens is 154 g/mol. The second-order valence-corrected chi connectivity index (χ2v) is 3.82. The molecule has 72 valence electrons. The van der Waals surface area contributed by atoms with E-state index in [4.69, 9.17) is 4.74 Å². The second kappa shape index (κ2) is 5.14. The molecule has 0 aromatic heterocycles. The van der Waals surface area contributed by atoms with E-state index in [1.165, 1.54) is 0 Å². The van der Waals surface area contributed by atoms with Crippen LogP contribution in [0.5, 0.6) is 0 Å². The van der Waals surface area contributed by atoms with Crippen molar-refractivity contribution in [2.45, 2.75) is 45.8 Å². The van der Waals surface area contributed by atoms with Crippen molar-refractivity contribution in [3.05, 3.63) is 0 Å². The molecule has 3 heteroatoms. The Morgan fingerprint density at radius 1 is 1.50 bits per heavy atom. The number of carbonyl (C=O) groups excluding carboxylic acids is 1. The van der Waals surface area contributed by atoms with Gasteiger partial charge in [-0.3, -0.25) is 4.79 Å². The summed E-state index contributed by atoms with van der Waals surface area (Å²) in [6.07, 6.45) is 1.83. The van der Waals surface area contributed by atoms with E-state index < -0.39 is 0 Å². The van der Waals surface area contributed by atoms with E-state index in [0.717, 1.165) is 12.8 Å². The van der Waals surface area contributed by atoms with Crippen molar-refractivity contribution in [3.8, 4) is 0 Å². The predicted octanol–water partition coefficient (Wildman–Crippen LogP) is 1.33. The van der Waals surface area contributed by atoms with Crippen molar-refractivity contribution < 1.29 is 9.53 Å². The Morgan fingerprint density at radius 3 is 2.50 bits per heavy atom. The lowest BCUT2D eigenvalue weighted by molar-refractivity contribution is -0.111. The quantitative estimate of drug-likeness (QED) is 0.615. The van der Waals surface area contributed by atoms with Crippen molar-refractivity contribution in [3.63, 3.8) is 0 Å². The van der Waals surface area contributed by atoms with Gasteiger partial charge in [-0.05, 0) is 34.1 Å². The number of hydrogen-bond acceptors (Lipinski definition) is 2. The zero-order valence-corrected chi connectivity index (χ0v) is 8.39. The number of nitrogens with one attached hydrogen (secondary N) is 1. The van der Waals surface area contributed by atoms with Crippen molar-refractivity contribution >= 4 is 6.41 Å². The zero-order valence-electron chi connectivity index (χ0n) is 8.39. The second-order valence-electron chi connectivity index (χ2n) is 3.82. The fraction of sp³-hybridized carbons (Fsp3) is 0.889. The van der Waals surface area contributed by atoms with Gasteiger partial charge in [-0.1, -0.05) is 0 Å². The lowest BCUT2D eigenvalue weighted by Gasteiger charge is -2.23. The van der Waals surface area contributed by atoms with Crippen molar-refractivity contribution in [1.29, 1.82) is 0 Å². The Hall–Kier alpha value is -0.570. The van der Waals surface area contributed by atoms with Gasteiger partial charge in [0, 0.05) is 12.1 Å². The molecule has 3 nitrogen and oxygen atoms in total. The third-order valence-electron chi connectivity index (χ3n) is 1.63. The largest absolute Gasteiger partial charge is 0.379 e. The average molecular weight is 173 g/mol. The third kappa shape index (κ3) is 6.16. The summed E-state index contributed by atoms with van der Waals surface area (Å²) in [5.41, 5.74) is -0.156. The Balaban J connectivity index is 3.53. The highest BCUT2D eigenvalue weighted by Crippen LogP contribution is 2.07. The molecule has 0 bridgehead atoms. The molecule has 0 atom stereocenters. The van der Waals surface area contributed by atoms with E-state index in [9.17, 15) is 4.79 Å². The summed E-state index contributed by atoms with van der Waals surface area (Å²) in [6.45, 7) is 8.64. The number of ether oxygens (including phenoxy) is 1. The molecule has 0 aliphatic rings. The summed E-state index contributed by atoms with van der Waals surface area (Å²) in [4.78, 5) is 10.2. The molecule has 0 saturated carbocycles. The minimum Gasteiger partial charge on any atom is -0.379 e. The van der Waals surface area contributed by atoms with Gasteiger partial charge in [0.2, 0.25) is 6.41 Å². The Labute approximate surface area is 74.5 Å². The van der Waals surface area contributed by atoms with Crippen LogP contribution < -0.4 is 5.32 Å². The summed E-state index contributed by atoms with van der Waals surface area (Å²) in [7, 11) is 0. The minimum absolute atomic E-state index is 0.156. The molecule has 0 aromatic carbocycles. The van der Waals surface area contributed by atoms with Crippen LogP contribution >= 0.6 is 0 Å². The van der Waals surface area contributed by atoms with Crippen LogP contribution in [0.2, 0.25) is 0 Å². The van der Waals surface area contributed by atoms with Gasteiger partial charge in [0.1, 0.15) is 0 Å². The molecule has 1 amide bonds. The van der Waals surface area contributed by atoms with Crippen LogP contribution in [-0.2, 0) is 9.53 Å². The standard InChI is InChI=1S/C9H19NO2/c1-8(2)12-6-5-9(3,4)10-7-11/h7-8H,5-6H2,1-4H3,(H,10,11).